The average molecular weight is 340 g/mol. The maximum absolute atomic E-state index is 12.7. The number of nitrogens with zero attached hydrogens (tertiary/aromatic N) is 3. The Balaban J connectivity index is 1.94. The molecule has 0 radical (unpaired) electrons. The number of ether oxygens (including phenoxy) is 1. The lowest BCUT2D eigenvalue weighted by Crippen LogP contribution is -2.38. The van der Waals surface area contributed by atoms with Gasteiger partial charge in [0.25, 0.3) is 0 Å². The number of rotatable bonds is 3. The number of aromatic nitrogens is 2. The van der Waals surface area contributed by atoms with Crippen LogP contribution in [0.2, 0.25) is 0 Å². The summed E-state index contributed by atoms with van der Waals surface area (Å²) in [7, 11) is 3.48. The van der Waals surface area contributed by atoms with Crippen molar-refractivity contribution in [2.75, 3.05) is 25.5 Å². The molecular formula is C19H24N4O2. The van der Waals surface area contributed by atoms with Crippen LogP contribution < -0.4 is 10.1 Å². The Morgan fingerprint density at radius 2 is 2.04 bits per heavy atom. The lowest BCUT2D eigenvalue weighted by atomic mass is 10.0. The van der Waals surface area contributed by atoms with Crippen LogP contribution in [-0.2, 0) is 7.05 Å². The summed E-state index contributed by atoms with van der Waals surface area (Å²) in [6, 6.07) is 7.66. The SMILES string of the molecule is COc1ccccc1-c1c(C)nn(C)c1NC(=O)N1CC=C(C)CC1. The molecule has 132 valence electrons. The number of urea groups is 1. The van der Waals surface area contributed by atoms with Gasteiger partial charge in [0.15, 0.2) is 0 Å². The highest BCUT2D eigenvalue weighted by molar-refractivity contribution is 5.95. The van der Waals surface area contributed by atoms with Gasteiger partial charge in [-0.1, -0.05) is 29.8 Å². The third-order valence-electron chi connectivity index (χ3n) is 4.55. The van der Waals surface area contributed by atoms with Crippen molar-refractivity contribution in [2.45, 2.75) is 20.3 Å². The summed E-state index contributed by atoms with van der Waals surface area (Å²) in [5.74, 6) is 1.43. The fourth-order valence-corrected chi connectivity index (χ4v) is 3.11. The van der Waals surface area contributed by atoms with Gasteiger partial charge in [-0.3, -0.25) is 10.00 Å². The molecule has 0 saturated heterocycles. The first-order valence-corrected chi connectivity index (χ1v) is 8.39. The van der Waals surface area contributed by atoms with E-state index in [0.717, 1.165) is 35.5 Å². The molecule has 1 aromatic carbocycles. The average Bonchev–Trinajstić information content (AvgIpc) is 2.88. The zero-order valence-electron chi connectivity index (χ0n) is 15.2. The second-order valence-electron chi connectivity index (χ2n) is 6.31. The number of amides is 2. The Bertz CT molecular complexity index is 823. The van der Waals surface area contributed by atoms with E-state index in [-0.39, 0.29) is 6.03 Å². The number of carbonyl (C=O) groups is 1. The van der Waals surface area contributed by atoms with E-state index in [2.05, 4.69) is 23.4 Å². The minimum Gasteiger partial charge on any atom is -0.496 e. The normalized spacial score (nSPS) is 14.2. The van der Waals surface area contributed by atoms with Gasteiger partial charge >= 0.3 is 6.03 Å². The van der Waals surface area contributed by atoms with Crippen molar-refractivity contribution in [1.29, 1.82) is 0 Å². The molecule has 1 aliphatic heterocycles. The Morgan fingerprint density at radius 1 is 1.28 bits per heavy atom. The van der Waals surface area contributed by atoms with E-state index in [1.54, 1.807) is 16.7 Å². The van der Waals surface area contributed by atoms with Crippen molar-refractivity contribution in [1.82, 2.24) is 14.7 Å². The van der Waals surface area contributed by atoms with E-state index in [4.69, 9.17) is 4.74 Å². The van der Waals surface area contributed by atoms with Crippen LogP contribution in [0, 0.1) is 6.92 Å². The molecule has 25 heavy (non-hydrogen) atoms. The number of aryl methyl sites for hydroxylation is 2. The summed E-state index contributed by atoms with van der Waals surface area (Å²) >= 11 is 0. The summed E-state index contributed by atoms with van der Waals surface area (Å²) in [4.78, 5) is 14.5. The Hall–Kier alpha value is -2.76. The van der Waals surface area contributed by atoms with Crippen molar-refractivity contribution in [2.24, 2.45) is 7.05 Å². The third kappa shape index (κ3) is 3.38. The van der Waals surface area contributed by atoms with Crippen LogP contribution in [0.3, 0.4) is 0 Å². The van der Waals surface area contributed by atoms with Crippen molar-refractivity contribution >= 4 is 11.8 Å². The predicted octanol–water partition coefficient (Wildman–Crippen LogP) is 3.59. The fourth-order valence-electron chi connectivity index (χ4n) is 3.11. The zero-order valence-corrected chi connectivity index (χ0v) is 15.2. The number of hydrogen-bond acceptors (Lipinski definition) is 3. The van der Waals surface area contributed by atoms with Gasteiger partial charge in [-0.15, -0.1) is 0 Å². The van der Waals surface area contributed by atoms with Crippen molar-refractivity contribution in [3.8, 4) is 16.9 Å². The molecule has 0 bridgehead atoms. The molecule has 2 heterocycles. The highest BCUT2D eigenvalue weighted by atomic mass is 16.5. The van der Waals surface area contributed by atoms with Gasteiger partial charge < -0.3 is 9.64 Å². The summed E-state index contributed by atoms with van der Waals surface area (Å²) in [5, 5.41) is 7.53. The predicted molar refractivity (Wildman–Crippen MR) is 98.9 cm³/mol. The summed E-state index contributed by atoms with van der Waals surface area (Å²) in [5.41, 5.74) is 3.98. The van der Waals surface area contributed by atoms with Gasteiger partial charge in [-0.05, 0) is 26.3 Å². The van der Waals surface area contributed by atoms with Crippen LogP contribution in [0.1, 0.15) is 19.0 Å². The molecule has 0 saturated carbocycles. The third-order valence-corrected chi connectivity index (χ3v) is 4.55. The zero-order chi connectivity index (χ0) is 18.0. The fraction of sp³-hybridized carbons (Fsp3) is 0.368. The molecule has 3 rings (SSSR count). The Morgan fingerprint density at radius 3 is 2.72 bits per heavy atom. The van der Waals surface area contributed by atoms with Crippen LogP contribution >= 0.6 is 0 Å². The van der Waals surface area contributed by atoms with E-state index < -0.39 is 0 Å². The number of para-hydroxylation sites is 1. The van der Waals surface area contributed by atoms with Crippen LogP contribution in [-0.4, -0.2) is 40.9 Å². The van der Waals surface area contributed by atoms with Crippen LogP contribution in [0.25, 0.3) is 11.1 Å². The Kier molecular flexibility index (Phi) is 4.79. The first-order chi connectivity index (χ1) is 12.0. The van der Waals surface area contributed by atoms with Crippen molar-refractivity contribution in [3.63, 3.8) is 0 Å². The standard InChI is InChI=1S/C19H24N4O2/c1-13-9-11-23(12-10-13)19(24)20-18-17(14(2)21-22(18)3)15-7-5-6-8-16(15)25-4/h5-9H,10-12H2,1-4H3,(H,20,24). The monoisotopic (exact) mass is 340 g/mol. The number of methoxy groups -OCH3 is 1. The first-order valence-electron chi connectivity index (χ1n) is 8.39. The second-order valence-corrected chi connectivity index (χ2v) is 6.31. The molecule has 0 aliphatic carbocycles. The summed E-state index contributed by atoms with van der Waals surface area (Å²) < 4.78 is 7.19. The maximum atomic E-state index is 12.7. The summed E-state index contributed by atoms with van der Waals surface area (Å²) in [6.07, 6.45) is 3.01. The lowest BCUT2D eigenvalue weighted by molar-refractivity contribution is 0.215. The topological polar surface area (TPSA) is 59.4 Å². The molecule has 1 N–H and O–H groups in total. The molecule has 0 atom stereocenters. The van der Waals surface area contributed by atoms with Crippen molar-refractivity contribution in [3.05, 3.63) is 41.6 Å². The molecule has 1 aliphatic rings. The number of anilines is 1. The largest absolute Gasteiger partial charge is 0.496 e. The molecule has 1 aromatic heterocycles. The number of nitrogens with one attached hydrogen (secondary N) is 1. The van der Waals surface area contributed by atoms with E-state index >= 15 is 0 Å². The molecule has 6 nitrogen and oxygen atoms in total. The number of hydrogen-bond donors (Lipinski definition) is 1. The minimum absolute atomic E-state index is 0.108. The van der Waals surface area contributed by atoms with E-state index in [9.17, 15) is 4.79 Å². The van der Waals surface area contributed by atoms with Gasteiger partial charge in [0.2, 0.25) is 0 Å². The lowest BCUT2D eigenvalue weighted by Gasteiger charge is -2.26. The van der Waals surface area contributed by atoms with E-state index in [0.29, 0.717) is 12.4 Å². The smallest absolute Gasteiger partial charge is 0.323 e. The van der Waals surface area contributed by atoms with Gasteiger partial charge in [-0.25, -0.2) is 4.79 Å². The van der Waals surface area contributed by atoms with Gasteiger partial charge in [0.05, 0.1) is 18.4 Å². The molecule has 0 fully saturated rings. The summed E-state index contributed by atoms with van der Waals surface area (Å²) in [6.45, 7) is 5.40. The van der Waals surface area contributed by atoms with Crippen LogP contribution in [0.5, 0.6) is 5.75 Å². The molecule has 2 amide bonds. The molecule has 0 spiro atoms. The van der Waals surface area contributed by atoms with Crippen LogP contribution in [0.4, 0.5) is 10.6 Å². The molecule has 2 aromatic rings. The molecule has 6 heteroatoms. The molecular weight excluding hydrogens is 316 g/mol. The van der Waals surface area contributed by atoms with Crippen molar-refractivity contribution < 1.29 is 9.53 Å². The van der Waals surface area contributed by atoms with Gasteiger partial charge in [0.1, 0.15) is 11.6 Å². The van der Waals surface area contributed by atoms with Gasteiger partial charge in [-0.2, -0.15) is 5.10 Å². The maximum Gasteiger partial charge on any atom is 0.323 e. The van der Waals surface area contributed by atoms with E-state index in [1.165, 1.54) is 5.57 Å². The van der Waals surface area contributed by atoms with Gasteiger partial charge in [0, 0.05) is 25.7 Å². The highest BCUT2D eigenvalue weighted by Crippen LogP contribution is 2.37. The first kappa shape index (κ1) is 17.1. The number of benzene rings is 1. The van der Waals surface area contributed by atoms with Crippen LogP contribution in [0.15, 0.2) is 35.9 Å². The minimum atomic E-state index is -0.108. The molecule has 0 unspecified atom stereocenters. The van der Waals surface area contributed by atoms with E-state index in [1.807, 2.05) is 38.2 Å². The quantitative estimate of drug-likeness (QED) is 0.869. The highest BCUT2D eigenvalue weighted by Gasteiger charge is 2.22. The second kappa shape index (κ2) is 7.01. The number of carbonyl (C=O) groups excluding carboxylic acids is 1. The Labute approximate surface area is 148 Å².